The normalized spacial score (nSPS) is 11.0. The lowest BCUT2D eigenvalue weighted by molar-refractivity contribution is 0.355. The number of hydrogen-bond donors (Lipinski definition) is 1. The maximum Gasteiger partial charge on any atom is 0.161 e. The number of nitrogens with zero attached hydrogens (tertiary/aromatic N) is 3. The van der Waals surface area contributed by atoms with Crippen LogP contribution in [0.5, 0.6) is 11.5 Å². The van der Waals surface area contributed by atoms with Crippen LogP contribution in [0.15, 0.2) is 48.5 Å². The quantitative estimate of drug-likeness (QED) is 0.472. The average Bonchev–Trinajstić information content (AvgIpc) is 3.10. The summed E-state index contributed by atoms with van der Waals surface area (Å²) in [5.41, 5.74) is 6.90. The molecule has 2 heterocycles. The first-order chi connectivity index (χ1) is 14.5. The topological polar surface area (TPSA) is 60.7 Å². The van der Waals surface area contributed by atoms with Crippen molar-refractivity contribution in [2.24, 2.45) is 0 Å². The molecule has 0 unspecified atom stereocenters. The first-order valence-corrected chi connectivity index (χ1v) is 9.99. The second-order valence-corrected chi connectivity index (χ2v) is 7.24. The molecule has 0 amide bonds. The molecule has 4 rings (SSSR count). The summed E-state index contributed by atoms with van der Waals surface area (Å²) >= 11 is 0. The van der Waals surface area contributed by atoms with Crippen molar-refractivity contribution in [2.75, 3.05) is 19.5 Å². The Labute approximate surface area is 176 Å². The molecule has 2 aromatic carbocycles. The second-order valence-electron chi connectivity index (χ2n) is 7.24. The van der Waals surface area contributed by atoms with E-state index in [1.807, 2.05) is 42.6 Å². The summed E-state index contributed by atoms with van der Waals surface area (Å²) in [5, 5.41) is 8.37. The van der Waals surface area contributed by atoms with Gasteiger partial charge in [0.1, 0.15) is 5.82 Å². The van der Waals surface area contributed by atoms with E-state index in [0.29, 0.717) is 11.5 Å². The molecule has 1 N–H and O–H groups in total. The summed E-state index contributed by atoms with van der Waals surface area (Å²) in [6, 6.07) is 16.3. The van der Waals surface area contributed by atoms with Crippen molar-refractivity contribution in [1.29, 1.82) is 0 Å². The Morgan fingerprint density at radius 1 is 0.933 bits per heavy atom. The number of benzene rings is 2. The van der Waals surface area contributed by atoms with Gasteiger partial charge in [0.15, 0.2) is 17.1 Å². The summed E-state index contributed by atoms with van der Waals surface area (Å²) in [6.45, 7) is 6.19. The van der Waals surface area contributed by atoms with Crippen molar-refractivity contribution >= 4 is 17.2 Å². The average molecular weight is 402 g/mol. The zero-order valence-corrected chi connectivity index (χ0v) is 18.0. The zero-order chi connectivity index (χ0) is 21.3. The van der Waals surface area contributed by atoms with Crippen molar-refractivity contribution in [3.05, 3.63) is 65.4 Å². The molecule has 0 spiro atoms. The number of anilines is 2. The highest BCUT2D eigenvalue weighted by Crippen LogP contribution is 2.34. The maximum absolute atomic E-state index is 5.47. The molecule has 4 aromatic rings. The van der Waals surface area contributed by atoms with E-state index in [1.54, 1.807) is 14.2 Å². The van der Waals surface area contributed by atoms with Crippen molar-refractivity contribution < 1.29 is 9.47 Å². The van der Waals surface area contributed by atoms with E-state index in [0.717, 1.165) is 46.1 Å². The Kier molecular flexibility index (Phi) is 5.31. The fourth-order valence-corrected chi connectivity index (χ4v) is 3.56. The molecule has 0 aliphatic rings. The molecular weight excluding hydrogens is 376 g/mol. The van der Waals surface area contributed by atoms with Crippen LogP contribution in [0.3, 0.4) is 0 Å². The first kappa shape index (κ1) is 19.8. The molecule has 30 heavy (non-hydrogen) atoms. The van der Waals surface area contributed by atoms with Crippen LogP contribution in [0.1, 0.15) is 23.7 Å². The monoisotopic (exact) mass is 402 g/mol. The number of aryl methyl sites for hydroxylation is 3. The molecule has 0 aliphatic carbocycles. The molecule has 6 nitrogen and oxygen atoms in total. The van der Waals surface area contributed by atoms with Gasteiger partial charge >= 0.3 is 0 Å². The van der Waals surface area contributed by atoms with E-state index in [4.69, 9.17) is 19.6 Å². The van der Waals surface area contributed by atoms with Crippen LogP contribution >= 0.6 is 0 Å². The third kappa shape index (κ3) is 3.56. The highest BCUT2D eigenvalue weighted by atomic mass is 16.5. The highest BCUT2D eigenvalue weighted by Gasteiger charge is 2.17. The van der Waals surface area contributed by atoms with E-state index in [1.165, 1.54) is 5.56 Å². The summed E-state index contributed by atoms with van der Waals surface area (Å²) in [6.07, 6.45) is 1.02. The van der Waals surface area contributed by atoms with Crippen LogP contribution < -0.4 is 14.8 Å². The summed E-state index contributed by atoms with van der Waals surface area (Å²) in [5.74, 6) is 2.23. The lowest BCUT2D eigenvalue weighted by Gasteiger charge is -2.10. The van der Waals surface area contributed by atoms with Gasteiger partial charge in [0.25, 0.3) is 0 Å². The van der Waals surface area contributed by atoms with E-state index in [-0.39, 0.29) is 0 Å². The number of rotatable bonds is 6. The predicted molar refractivity (Wildman–Crippen MR) is 120 cm³/mol. The number of methoxy groups -OCH3 is 2. The van der Waals surface area contributed by atoms with Crippen molar-refractivity contribution in [3.63, 3.8) is 0 Å². The summed E-state index contributed by atoms with van der Waals surface area (Å²) in [7, 11) is 3.26. The van der Waals surface area contributed by atoms with Crippen molar-refractivity contribution in [2.45, 2.75) is 27.2 Å². The van der Waals surface area contributed by atoms with E-state index < -0.39 is 0 Å². The number of hydrogen-bond acceptors (Lipinski definition) is 5. The number of ether oxygens (including phenoxy) is 2. The van der Waals surface area contributed by atoms with Crippen molar-refractivity contribution in [3.8, 4) is 22.8 Å². The maximum atomic E-state index is 5.47. The van der Waals surface area contributed by atoms with Crippen LogP contribution in [-0.4, -0.2) is 28.8 Å². The molecule has 2 aromatic heterocycles. The summed E-state index contributed by atoms with van der Waals surface area (Å²) < 4.78 is 12.7. The van der Waals surface area contributed by atoms with Gasteiger partial charge in [-0.3, -0.25) is 0 Å². The molecule has 0 saturated carbocycles. The molecule has 154 valence electrons. The van der Waals surface area contributed by atoms with Gasteiger partial charge in [-0.1, -0.05) is 19.1 Å². The SMILES string of the molecule is CCc1ccc(Nc2cc(C)nc3c(C)c(-c4ccc(OC)c(OC)c4)nn23)cc1. The molecule has 0 fully saturated rings. The molecular formula is C24H26N4O2. The van der Waals surface area contributed by atoms with Crippen LogP contribution in [-0.2, 0) is 6.42 Å². The molecule has 0 bridgehead atoms. The van der Waals surface area contributed by atoms with Crippen LogP contribution in [0.2, 0.25) is 0 Å². The standard InChI is InChI=1S/C24H26N4O2/c1-6-17-7-10-19(11-8-17)26-22-13-15(2)25-24-16(3)23(27-28(22)24)18-9-12-20(29-4)21(14-18)30-5/h7-14,26H,6H2,1-5H3. The smallest absolute Gasteiger partial charge is 0.161 e. The third-order valence-electron chi connectivity index (χ3n) is 5.24. The van der Waals surface area contributed by atoms with Crippen molar-refractivity contribution in [1.82, 2.24) is 14.6 Å². The summed E-state index contributed by atoms with van der Waals surface area (Å²) in [4.78, 5) is 4.73. The Balaban J connectivity index is 1.80. The fourth-order valence-electron chi connectivity index (χ4n) is 3.56. The molecule has 0 aliphatic heterocycles. The molecule has 0 radical (unpaired) electrons. The number of nitrogens with one attached hydrogen (secondary N) is 1. The van der Waals surface area contributed by atoms with Crippen LogP contribution in [0, 0.1) is 13.8 Å². The Morgan fingerprint density at radius 3 is 2.33 bits per heavy atom. The lowest BCUT2D eigenvalue weighted by Crippen LogP contribution is -2.02. The first-order valence-electron chi connectivity index (χ1n) is 9.99. The van der Waals surface area contributed by atoms with E-state index in [2.05, 4.69) is 36.5 Å². The highest BCUT2D eigenvalue weighted by molar-refractivity contribution is 5.74. The van der Waals surface area contributed by atoms with Gasteiger partial charge in [0.2, 0.25) is 0 Å². The van der Waals surface area contributed by atoms with E-state index >= 15 is 0 Å². The Hall–Kier alpha value is -3.54. The largest absolute Gasteiger partial charge is 0.493 e. The Bertz CT molecular complexity index is 1200. The van der Waals surface area contributed by atoms with Gasteiger partial charge in [-0.05, 0) is 56.2 Å². The molecule has 0 saturated heterocycles. The number of fused-ring (bicyclic) bond motifs is 1. The predicted octanol–water partition coefficient (Wildman–Crippen LogP) is 5.34. The minimum absolute atomic E-state index is 0.671. The Morgan fingerprint density at radius 2 is 1.67 bits per heavy atom. The fraction of sp³-hybridized carbons (Fsp3) is 0.250. The minimum Gasteiger partial charge on any atom is -0.493 e. The molecule has 6 heteroatoms. The van der Waals surface area contributed by atoms with Gasteiger partial charge in [-0.15, -0.1) is 0 Å². The van der Waals surface area contributed by atoms with E-state index in [9.17, 15) is 0 Å². The lowest BCUT2D eigenvalue weighted by atomic mass is 10.1. The third-order valence-corrected chi connectivity index (χ3v) is 5.24. The molecule has 0 atom stereocenters. The van der Waals surface area contributed by atoms with Crippen LogP contribution in [0.25, 0.3) is 16.9 Å². The van der Waals surface area contributed by atoms with Gasteiger partial charge in [0.05, 0.1) is 19.9 Å². The van der Waals surface area contributed by atoms with Gasteiger partial charge in [-0.25, -0.2) is 4.98 Å². The van der Waals surface area contributed by atoms with Crippen LogP contribution in [0.4, 0.5) is 11.5 Å². The van der Waals surface area contributed by atoms with Gasteiger partial charge in [0, 0.05) is 28.6 Å². The zero-order valence-electron chi connectivity index (χ0n) is 18.0. The minimum atomic E-state index is 0.671. The number of aromatic nitrogens is 3. The van der Waals surface area contributed by atoms with Gasteiger partial charge < -0.3 is 14.8 Å². The van der Waals surface area contributed by atoms with Gasteiger partial charge in [-0.2, -0.15) is 9.61 Å². The second kappa shape index (κ2) is 8.06.